The van der Waals surface area contributed by atoms with E-state index in [2.05, 4.69) is 9.72 Å². The van der Waals surface area contributed by atoms with Gasteiger partial charge in [-0.25, -0.2) is 9.78 Å². The largest absolute Gasteiger partial charge is 0.481 e. The molecule has 1 N–H and O–H groups in total. The van der Waals surface area contributed by atoms with Gasteiger partial charge in [0.05, 0.1) is 24.8 Å². The van der Waals surface area contributed by atoms with Crippen LogP contribution in [0.3, 0.4) is 0 Å². The fraction of sp³-hybridized carbons (Fsp3) is 0.500. The van der Waals surface area contributed by atoms with E-state index in [4.69, 9.17) is 5.11 Å². The Morgan fingerprint density at radius 1 is 1.50 bits per heavy atom. The number of aromatic nitrogens is 1. The number of carbonyl (C=O) groups is 2. The predicted molar refractivity (Wildman–Crippen MR) is 72.9 cm³/mol. The molecule has 0 saturated carbocycles. The summed E-state index contributed by atoms with van der Waals surface area (Å²) < 4.78 is 4.69. The lowest BCUT2D eigenvalue weighted by Gasteiger charge is -2.25. The number of esters is 1. The number of aliphatic carboxylic acids is 1. The molecule has 0 radical (unpaired) electrons. The highest BCUT2D eigenvalue weighted by atomic mass is 16.5. The van der Waals surface area contributed by atoms with Crippen LogP contribution in [0.1, 0.15) is 35.3 Å². The number of aryl methyl sites for hydroxylation is 1. The number of hydrogen-bond donors (Lipinski definition) is 1. The van der Waals surface area contributed by atoms with Crippen molar-refractivity contribution in [2.45, 2.75) is 32.2 Å². The normalized spacial score (nSPS) is 18.1. The van der Waals surface area contributed by atoms with Crippen molar-refractivity contribution in [2.75, 3.05) is 18.6 Å². The first-order valence-electron chi connectivity index (χ1n) is 6.57. The summed E-state index contributed by atoms with van der Waals surface area (Å²) >= 11 is 0. The molecule has 1 aliphatic rings. The third kappa shape index (κ3) is 2.89. The van der Waals surface area contributed by atoms with Crippen molar-refractivity contribution in [2.24, 2.45) is 0 Å². The molecule has 1 aliphatic heterocycles. The summed E-state index contributed by atoms with van der Waals surface area (Å²) in [5.74, 6) is -0.492. The zero-order valence-electron chi connectivity index (χ0n) is 11.6. The zero-order chi connectivity index (χ0) is 14.7. The molecule has 1 aromatic heterocycles. The van der Waals surface area contributed by atoms with Gasteiger partial charge in [-0.3, -0.25) is 4.79 Å². The van der Waals surface area contributed by atoms with Crippen LogP contribution in [-0.2, 0) is 9.53 Å². The van der Waals surface area contributed by atoms with Crippen LogP contribution >= 0.6 is 0 Å². The van der Waals surface area contributed by atoms with Crippen LogP contribution in [-0.4, -0.2) is 41.7 Å². The van der Waals surface area contributed by atoms with Gasteiger partial charge < -0.3 is 14.7 Å². The summed E-state index contributed by atoms with van der Waals surface area (Å²) in [5, 5.41) is 8.93. The van der Waals surface area contributed by atoms with Crippen molar-refractivity contribution in [3.63, 3.8) is 0 Å². The average molecular weight is 278 g/mol. The minimum atomic E-state index is -0.801. The van der Waals surface area contributed by atoms with E-state index in [1.165, 1.54) is 7.11 Å². The molecule has 1 saturated heterocycles. The highest BCUT2D eigenvalue weighted by molar-refractivity contribution is 5.90. The molecule has 20 heavy (non-hydrogen) atoms. The Labute approximate surface area is 117 Å². The molecule has 2 heterocycles. The second kappa shape index (κ2) is 5.90. The van der Waals surface area contributed by atoms with Gasteiger partial charge in [-0.15, -0.1) is 0 Å². The number of carboxylic acid groups (broad SMARTS) is 1. The van der Waals surface area contributed by atoms with Gasteiger partial charge in [-0.05, 0) is 31.9 Å². The van der Waals surface area contributed by atoms with Crippen LogP contribution in [0.15, 0.2) is 12.1 Å². The topological polar surface area (TPSA) is 79.7 Å². The van der Waals surface area contributed by atoms with Crippen LogP contribution in [0.5, 0.6) is 0 Å². The number of carboxylic acids is 1. The van der Waals surface area contributed by atoms with Crippen molar-refractivity contribution < 1.29 is 19.4 Å². The molecule has 6 nitrogen and oxygen atoms in total. The van der Waals surface area contributed by atoms with E-state index >= 15 is 0 Å². The fourth-order valence-corrected chi connectivity index (χ4v) is 2.58. The van der Waals surface area contributed by atoms with E-state index in [9.17, 15) is 9.59 Å². The fourth-order valence-electron chi connectivity index (χ4n) is 2.58. The number of hydrogen-bond acceptors (Lipinski definition) is 5. The number of nitrogens with zero attached hydrogens (tertiary/aromatic N) is 2. The van der Waals surface area contributed by atoms with Crippen molar-refractivity contribution >= 4 is 17.8 Å². The maximum atomic E-state index is 11.5. The maximum absolute atomic E-state index is 11.5. The van der Waals surface area contributed by atoms with Crippen LogP contribution < -0.4 is 4.90 Å². The molecular weight excluding hydrogens is 260 g/mol. The summed E-state index contributed by atoms with van der Waals surface area (Å²) in [6.07, 6.45) is 1.92. The Morgan fingerprint density at radius 2 is 2.25 bits per heavy atom. The lowest BCUT2D eigenvalue weighted by molar-refractivity contribution is -0.137. The van der Waals surface area contributed by atoms with Crippen molar-refractivity contribution in [3.8, 4) is 0 Å². The first kappa shape index (κ1) is 14.3. The standard InChI is InChI=1S/C14H18N2O4/c1-9-11(14(19)20-2)5-6-12(15-9)16-7-3-4-10(16)8-13(17)18/h5-6,10H,3-4,7-8H2,1-2H3,(H,17,18). The first-order chi connectivity index (χ1) is 9.52. The molecule has 1 atom stereocenters. The predicted octanol–water partition coefficient (Wildman–Crippen LogP) is 1.62. The number of rotatable bonds is 4. The van der Waals surface area contributed by atoms with Crippen LogP contribution in [0.25, 0.3) is 0 Å². The Hall–Kier alpha value is -2.11. The summed E-state index contributed by atoms with van der Waals surface area (Å²) in [5.41, 5.74) is 1.03. The van der Waals surface area contributed by atoms with Crippen molar-refractivity contribution in [1.29, 1.82) is 0 Å². The summed E-state index contributed by atoms with van der Waals surface area (Å²) in [6, 6.07) is 3.40. The number of pyridine rings is 1. The SMILES string of the molecule is COC(=O)c1ccc(N2CCCC2CC(=O)O)nc1C. The van der Waals surface area contributed by atoms with Crippen LogP contribution in [0, 0.1) is 6.92 Å². The third-order valence-electron chi connectivity index (χ3n) is 3.56. The molecular formula is C14H18N2O4. The number of methoxy groups -OCH3 is 1. The van der Waals surface area contributed by atoms with Crippen LogP contribution in [0.2, 0.25) is 0 Å². The number of ether oxygens (including phenoxy) is 1. The van der Waals surface area contributed by atoms with Gasteiger partial charge in [0.1, 0.15) is 5.82 Å². The van der Waals surface area contributed by atoms with E-state index in [1.54, 1.807) is 19.1 Å². The van der Waals surface area contributed by atoms with E-state index < -0.39 is 11.9 Å². The Kier molecular flexibility index (Phi) is 4.22. The highest BCUT2D eigenvalue weighted by Crippen LogP contribution is 2.26. The minimum Gasteiger partial charge on any atom is -0.481 e. The Bertz CT molecular complexity index is 530. The second-order valence-electron chi connectivity index (χ2n) is 4.88. The van der Waals surface area contributed by atoms with Gasteiger partial charge in [-0.1, -0.05) is 0 Å². The molecule has 1 aromatic rings. The first-order valence-corrected chi connectivity index (χ1v) is 6.57. The smallest absolute Gasteiger partial charge is 0.339 e. The molecule has 0 spiro atoms. The van der Waals surface area contributed by atoms with E-state index in [1.807, 2.05) is 4.90 Å². The van der Waals surface area contributed by atoms with E-state index in [-0.39, 0.29) is 12.5 Å². The maximum Gasteiger partial charge on any atom is 0.339 e. The number of carbonyl (C=O) groups excluding carboxylic acids is 1. The molecule has 0 aromatic carbocycles. The molecule has 1 fully saturated rings. The van der Waals surface area contributed by atoms with Crippen molar-refractivity contribution in [1.82, 2.24) is 4.98 Å². The van der Waals surface area contributed by atoms with E-state index in [0.717, 1.165) is 25.2 Å². The monoisotopic (exact) mass is 278 g/mol. The molecule has 0 amide bonds. The summed E-state index contributed by atoms with van der Waals surface area (Å²) in [6.45, 7) is 2.54. The van der Waals surface area contributed by atoms with Crippen molar-refractivity contribution in [3.05, 3.63) is 23.4 Å². The summed E-state index contributed by atoms with van der Waals surface area (Å²) in [7, 11) is 1.33. The lowest BCUT2D eigenvalue weighted by Crippen LogP contribution is -2.32. The summed E-state index contributed by atoms with van der Waals surface area (Å²) in [4.78, 5) is 28.8. The Balaban J connectivity index is 2.22. The van der Waals surface area contributed by atoms with Gasteiger partial charge in [0.25, 0.3) is 0 Å². The lowest BCUT2D eigenvalue weighted by atomic mass is 10.1. The third-order valence-corrected chi connectivity index (χ3v) is 3.56. The van der Waals surface area contributed by atoms with Gasteiger partial charge in [0, 0.05) is 12.6 Å². The van der Waals surface area contributed by atoms with Gasteiger partial charge in [0.2, 0.25) is 0 Å². The molecule has 0 aliphatic carbocycles. The van der Waals surface area contributed by atoms with Gasteiger partial charge in [0.15, 0.2) is 0 Å². The van der Waals surface area contributed by atoms with Gasteiger partial charge >= 0.3 is 11.9 Å². The molecule has 6 heteroatoms. The zero-order valence-corrected chi connectivity index (χ0v) is 11.6. The quantitative estimate of drug-likeness (QED) is 0.843. The van der Waals surface area contributed by atoms with E-state index in [0.29, 0.717) is 11.3 Å². The molecule has 0 bridgehead atoms. The molecule has 108 valence electrons. The second-order valence-corrected chi connectivity index (χ2v) is 4.88. The number of anilines is 1. The van der Waals surface area contributed by atoms with Crippen LogP contribution in [0.4, 0.5) is 5.82 Å². The van der Waals surface area contributed by atoms with Gasteiger partial charge in [-0.2, -0.15) is 0 Å². The highest BCUT2D eigenvalue weighted by Gasteiger charge is 2.28. The molecule has 2 rings (SSSR count). The Morgan fingerprint density at radius 3 is 2.85 bits per heavy atom. The molecule has 1 unspecified atom stereocenters. The average Bonchev–Trinajstić information content (AvgIpc) is 2.85. The minimum absolute atomic E-state index is 0.0247.